The van der Waals surface area contributed by atoms with Crippen LogP contribution in [-0.4, -0.2) is 22.0 Å². The van der Waals surface area contributed by atoms with Crippen LogP contribution in [-0.2, 0) is 0 Å². The van der Waals surface area contributed by atoms with Crippen LogP contribution in [0.15, 0.2) is 47.3 Å². The van der Waals surface area contributed by atoms with E-state index in [-0.39, 0.29) is 11.3 Å². The normalized spacial score (nSPS) is 11.7. The minimum Gasteiger partial charge on any atom is -0.504 e. The molecule has 2 N–H and O–H groups in total. The summed E-state index contributed by atoms with van der Waals surface area (Å²) in [4.78, 5) is 12.7. The first-order chi connectivity index (χ1) is 11.5. The Hall–Kier alpha value is -2.48. The average Bonchev–Trinajstić information content (AvgIpc) is 2.87. The summed E-state index contributed by atoms with van der Waals surface area (Å²) in [6.07, 6.45) is 1.73. The van der Waals surface area contributed by atoms with E-state index in [1.165, 1.54) is 11.8 Å². The van der Waals surface area contributed by atoms with Crippen molar-refractivity contribution in [1.82, 2.24) is 9.78 Å². The van der Waals surface area contributed by atoms with Crippen molar-refractivity contribution in [2.75, 3.05) is 7.11 Å². The van der Waals surface area contributed by atoms with Crippen molar-refractivity contribution in [2.24, 2.45) is 0 Å². The van der Waals surface area contributed by atoms with Gasteiger partial charge in [0, 0.05) is 0 Å². The number of hydrogen-bond donors (Lipinski definition) is 2. The number of H-pyrrole nitrogens is 1. The van der Waals surface area contributed by atoms with Gasteiger partial charge in [-0.1, -0.05) is 24.8 Å². The summed E-state index contributed by atoms with van der Waals surface area (Å²) in [7, 11) is 1.49. The highest BCUT2D eigenvalue weighted by molar-refractivity contribution is 14.1. The molecule has 0 bridgehead atoms. The van der Waals surface area contributed by atoms with Gasteiger partial charge >= 0.3 is 0 Å². The Morgan fingerprint density at radius 1 is 1.29 bits per heavy atom. The van der Waals surface area contributed by atoms with Crippen molar-refractivity contribution in [3.63, 3.8) is 0 Å². The number of phenols is 1. The number of benzene rings is 2. The van der Waals surface area contributed by atoms with E-state index in [1.54, 1.807) is 18.2 Å². The molecular formula is C18H15IN2O3. The summed E-state index contributed by atoms with van der Waals surface area (Å²) in [6.45, 7) is 3.92. The summed E-state index contributed by atoms with van der Waals surface area (Å²) >= 11 is 2.02. The third-order valence-corrected chi connectivity index (χ3v) is 4.42. The fraction of sp³-hybridized carbons (Fsp3) is 0.0556. The molecule has 0 fully saturated rings. The molecule has 5 nitrogen and oxygen atoms in total. The highest BCUT2D eigenvalue weighted by atomic mass is 127. The van der Waals surface area contributed by atoms with Gasteiger partial charge in [0.2, 0.25) is 0 Å². The molecule has 0 amide bonds. The Bertz CT molecular complexity index is 1050. The van der Waals surface area contributed by atoms with Gasteiger partial charge in [-0.3, -0.25) is 9.89 Å². The second-order valence-corrected chi connectivity index (χ2v) is 6.34. The molecule has 0 atom stereocenters. The highest BCUT2D eigenvalue weighted by Gasteiger charge is 2.09. The monoisotopic (exact) mass is 434 g/mol. The molecule has 0 spiro atoms. The summed E-state index contributed by atoms with van der Waals surface area (Å²) < 4.78 is 7.25. The van der Waals surface area contributed by atoms with Gasteiger partial charge in [-0.2, -0.15) is 0 Å². The van der Waals surface area contributed by atoms with Crippen LogP contribution in [0.25, 0.3) is 18.3 Å². The lowest BCUT2D eigenvalue weighted by Crippen LogP contribution is -2.33. The molecule has 24 heavy (non-hydrogen) atoms. The van der Waals surface area contributed by atoms with Crippen LogP contribution in [0.2, 0.25) is 0 Å². The Morgan fingerprint density at radius 3 is 2.67 bits per heavy atom. The van der Waals surface area contributed by atoms with Crippen LogP contribution in [0.4, 0.5) is 0 Å². The highest BCUT2D eigenvalue weighted by Crippen LogP contribution is 2.32. The molecule has 0 unspecified atom stereocenters. The molecule has 0 saturated heterocycles. The molecule has 3 rings (SSSR count). The largest absolute Gasteiger partial charge is 0.504 e. The molecule has 3 aromatic rings. The number of halogens is 1. The zero-order valence-electron chi connectivity index (χ0n) is 12.9. The van der Waals surface area contributed by atoms with Gasteiger partial charge < -0.3 is 9.84 Å². The molecule has 1 heterocycles. The fourth-order valence-corrected chi connectivity index (χ4v) is 3.03. The van der Waals surface area contributed by atoms with Gasteiger partial charge in [0.25, 0.3) is 5.56 Å². The zero-order chi connectivity index (χ0) is 17.3. The maximum Gasteiger partial charge on any atom is 0.279 e. The standard InChI is InChI=1S/C18H15IN2O3/c1-11-14(8-12-9-15(19)17(22)16(10-12)24-2)18(23)21(20-11)13-6-4-3-5-7-13/h3-10,20,22H,1H2,2H3/b14-8-. The molecule has 1 aromatic heterocycles. The van der Waals surface area contributed by atoms with E-state index in [2.05, 4.69) is 11.7 Å². The van der Waals surface area contributed by atoms with E-state index in [0.717, 1.165) is 11.3 Å². The Labute approximate surface area is 151 Å². The van der Waals surface area contributed by atoms with Crippen molar-refractivity contribution in [1.29, 1.82) is 0 Å². The first-order valence-corrected chi connectivity index (χ1v) is 8.22. The molecule has 0 saturated carbocycles. The molecule has 6 heteroatoms. The van der Waals surface area contributed by atoms with Crippen molar-refractivity contribution in [2.45, 2.75) is 0 Å². The van der Waals surface area contributed by atoms with E-state index in [1.807, 2.05) is 52.9 Å². The predicted molar refractivity (Wildman–Crippen MR) is 102 cm³/mol. The molecular weight excluding hydrogens is 419 g/mol. The number of aromatic nitrogens is 2. The lowest BCUT2D eigenvalue weighted by molar-refractivity contribution is 0.371. The Morgan fingerprint density at radius 2 is 2.00 bits per heavy atom. The van der Waals surface area contributed by atoms with E-state index >= 15 is 0 Å². The van der Waals surface area contributed by atoms with Gasteiger partial charge in [-0.15, -0.1) is 0 Å². The number of nitrogens with one attached hydrogen (secondary N) is 1. The molecule has 2 aromatic carbocycles. The van der Waals surface area contributed by atoms with E-state index in [0.29, 0.717) is 19.9 Å². The van der Waals surface area contributed by atoms with Crippen LogP contribution in [0, 0.1) is 3.57 Å². The third kappa shape index (κ3) is 2.96. The molecule has 0 aliphatic heterocycles. The van der Waals surface area contributed by atoms with Crippen LogP contribution < -0.4 is 20.9 Å². The number of aromatic hydroxyl groups is 1. The van der Waals surface area contributed by atoms with Gasteiger partial charge in [0.15, 0.2) is 11.5 Å². The summed E-state index contributed by atoms with van der Waals surface area (Å²) in [5.41, 5.74) is 1.30. The van der Waals surface area contributed by atoms with Crippen molar-refractivity contribution in [3.05, 3.63) is 72.5 Å². The van der Waals surface area contributed by atoms with E-state index < -0.39 is 0 Å². The van der Waals surface area contributed by atoms with Crippen LogP contribution in [0.5, 0.6) is 11.5 Å². The van der Waals surface area contributed by atoms with Gasteiger partial charge in [0.1, 0.15) is 0 Å². The Balaban J connectivity index is 2.20. The molecule has 0 radical (unpaired) electrons. The smallest absolute Gasteiger partial charge is 0.279 e. The number of methoxy groups -OCH3 is 1. The quantitative estimate of drug-likeness (QED) is 0.618. The van der Waals surface area contributed by atoms with Crippen molar-refractivity contribution in [3.8, 4) is 17.2 Å². The van der Waals surface area contributed by atoms with Gasteiger partial charge in [0.05, 0.1) is 26.9 Å². The number of ether oxygens (including phenoxy) is 1. The maximum atomic E-state index is 12.7. The number of nitrogens with zero attached hydrogens (tertiary/aromatic N) is 1. The molecule has 122 valence electrons. The van der Waals surface area contributed by atoms with Crippen LogP contribution in [0.3, 0.4) is 0 Å². The number of hydrogen-bond acceptors (Lipinski definition) is 3. The summed E-state index contributed by atoms with van der Waals surface area (Å²) in [5.74, 6) is 0.443. The van der Waals surface area contributed by atoms with Crippen molar-refractivity contribution < 1.29 is 9.84 Å². The second kappa shape index (κ2) is 6.56. The van der Waals surface area contributed by atoms with Gasteiger partial charge in [-0.05, 0) is 58.5 Å². The number of aromatic amines is 1. The molecule has 0 aliphatic carbocycles. The van der Waals surface area contributed by atoms with Crippen molar-refractivity contribution >= 4 is 35.2 Å². The fourth-order valence-electron chi connectivity index (χ4n) is 2.40. The summed E-state index contributed by atoms with van der Waals surface area (Å²) in [6, 6.07) is 12.7. The number of para-hydroxylation sites is 1. The molecule has 0 aliphatic rings. The maximum absolute atomic E-state index is 12.7. The van der Waals surface area contributed by atoms with Crippen LogP contribution in [0.1, 0.15) is 5.56 Å². The SMILES string of the molecule is C=c1[nH]n(-c2ccccc2)c(=O)/c1=C\c1cc(I)c(O)c(OC)c1. The second-order valence-electron chi connectivity index (χ2n) is 5.18. The van der Waals surface area contributed by atoms with Gasteiger partial charge in [-0.25, -0.2) is 4.68 Å². The first kappa shape index (κ1) is 16.4. The van der Waals surface area contributed by atoms with E-state index in [4.69, 9.17) is 4.74 Å². The lowest BCUT2D eigenvalue weighted by atomic mass is 10.1. The Kier molecular flexibility index (Phi) is 4.48. The van der Waals surface area contributed by atoms with Crippen LogP contribution >= 0.6 is 22.6 Å². The number of rotatable bonds is 3. The topological polar surface area (TPSA) is 67.2 Å². The third-order valence-electron chi connectivity index (χ3n) is 3.60. The predicted octanol–water partition coefficient (Wildman–Crippen LogP) is 1.72. The number of phenolic OH excluding ortho intramolecular Hbond substituents is 1. The average molecular weight is 434 g/mol. The minimum absolute atomic E-state index is 0.0841. The zero-order valence-corrected chi connectivity index (χ0v) is 15.1. The summed E-state index contributed by atoms with van der Waals surface area (Å²) in [5, 5.41) is 13.9. The minimum atomic E-state index is -0.187. The lowest BCUT2D eigenvalue weighted by Gasteiger charge is -2.06. The van der Waals surface area contributed by atoms with E-state index in [9.17, 15) is 9.90 Å². The first-order valence-electron chi connectivity index (χ1n) is 7.15.